The molecule has 21 heavy (non-hydrogen) atoms. The minimum atomic E-state index is -0.462. The van der Waals surface area contributed by atoms with E-state index in [4.69, 9.17) is 10.5 Å². The monoisotopic (exact) mass is 310 g/mol. The van der Waals surface area contributed by atoms with Crippen molar-refractivity contribution in [2.75, 3.05) is 17.7 Å². The van der Waals surface area contributed by atoms with E-state index in [1.165, 1.54) is 17.8 Å². The van der Waals surface area contributed by atoms with E-state index in [1.807, 2.05) is 13.8 Å². The molecule has 0 aromatic carbocycles. The Morgan fingerprint density at radius 1 is 1.43 bits per heavy atom. The molecule has 0 amide bonds. The Labute approximate surface area is 128 Å². The summed E-state index contributed by atoms with van der Waals surface area (Å²) in [7, 11) is 0. The third-order valence-corrected chi connectivity index (χ3v) is 4.76. The molecule has 1 fully saturated rings. The minimum Gasteiger partial charge on any atom is -0.462 e. The average Bonchev–Trinajstić information content (AvgIpc) is 2.70. The summed E-state index contributed by atoms with van der Waals surface area (Å²) in [6.45, 7) is 5.68. The van der Waals surface area contributed by atoms with Gasteiger partial charge in [-0.05, 0) is 26.2 Å². The molecule has 0 bridgehead atoms. The first-order valence-corrected chi connectivity index (χ1v) is 8.17. The molecular weight excluding hydrogens is 288 g/mol. The molecule has 3 N–H and O–H groups in total. The van der Waals surface area contributed by atoms with Crippen molar-refractivity contribution in [3.63, 3.8) is 0 Å². The van der Waals surface area contributed by atoms with Crippen LogP contribution in [0, 0.1) is 5.92 Å². The highest BCUT2D eigenvalue weighted by Crippen LogP contribution is 2.39. The van der Waals surface area contributed by atoms with Gasteiger partial charge < -0.3 is 15.8 Å². The van der Waals surface area contributed by atoms with Crippen molar-refractivity contribution >= 4 is 33.8 Å². The Balaban J connectivity index is 2.37. The highest BCUT2D eigenvalue weighted by atomic mass is 32.1. The molecule has 0 radical (unpaired) electrons. The second-order valence-electron chi connectivity index (χ2n) is 5.56. The maximum Gasteiger partial charge on any atom is 0.343 e. The predicted molar refractivity (Wildman–Crippen MR) is 85.1 cm³/mol. The zero-order chi connectivity index (χ0) is 15.6. The van der Waals surface area contributed by atoms with Crippen molar-refractivity contribution in [1.29, 1.82) is 0 Å². The predicted octanol–water partition coefficient (Wildman–Crippen LogP) is 3.31. The Kier molecular flexibility index (Phi) is 4.88. The van der Waals surface area contributed by atoms with E-state index in [1.54, 1.807) is 6.92 Å². The number of thiophene rings is 1. The Morgan fingerprint density at radius 3 is 2.57 bits per heavy atom. The topological polar surface area (TPSA) is 81.4 Å². The summed E-state index contributed by atoms with van der Waals surface area (Å²) in [6.07, 6.45) is 3.34. The number of nitrogens with two attached hydrogens (primary N) is 1. The van der Waals surface area contributed by atoms with Crippen molar-refractivity contribution in [3.05, 3.63) is 10.4 Å². The van der Waals surface area contributed by atoms with Crippen molar-refractivity contribution in [2.45, 2.75) is 46.1 Å². The Bertz CT molecular complexity index is 547. The maximum absolute atomic E-state index is 12.2. The summed E-state index contributed by atoms with van der Waals surface area (Å²) in [5.74, 6) is -0.655. The van der Waals surface area contributed by atoms with E-state index < -0.39 is 5.97 Å². The van der Waals surface area contributed by atoms with E-state index in [9.17, 15) is 9.59 Å². The van der Waals surface area contributed by atoms with Gasteiger partial charge in [0.15, 0.2) is 5.78 Å². The van der Waals surface area contributed by atoms with Crippen molar-refractivity contribution in [3.8, 4) is 0 Å². The molecule has 1 aliphatic carbocycles. The summed E-state index contributed by atoms with van der Waals surface area (Å²) >= 11 is 1.27. The molecule has 116 valence electrons. The van der Waals surface area contributed by atoms with Crippen molar-refractivity contribution < 1.29 is 14.3 Å². The fourth-order valence-electron chi connectivity index (χ4n) is 2.13. The standard InChI is InChI=1S/C15H22N2O3S/c1-4-20-15(19)10-11(16)13(12(18)8(2)3)21-14(10)17-9-6-5-7-9/h8-9,17H,4-7,16H2,1-3H3. The number of hydrogen-bond acceptors (Lipinski definition) is 6. The van der Waals surface area contributed by atoms with Crippen LogP contribution >= 0.6 is 11.3 Å². The van der Waals surface area contributed by atoms with E-state index in [0.29, 0.717) is 21.5 Å². The van der Waals surface area contributed by atoms with Crippen LogP contribution in [-0.4, -0.2) is 24.4 Å². The number of esters is 1. The zero-order valence-corrected chi connectivity index (χ0v) is 13.5. The van der Waals surface area contributed by atoms with E-state index in [2.05, 4.69) is 5.32 Å². The van der Waals surface area contributed by atoms with Crippen LogP contribution < -0.4 is 11.1 Å². The molecule has 5 nitrogen and oxygen atoms in total. The summed E-state index contributed by atoms with van der Waals surface area (Å²) < 4.78 is 5.07. The molecule has 2 rings (SSSR count). The third-order valence-electron chi connectivity index (χ3n) is 3.61. The smallest absolute Gasteiger partial charge is 0.343 e. The number of nitrogen functional groups attached to an aromatic ring is 1. The van der Waals surface area contributed by atoms with Gasteiger partial charge in [0.1, 0.15) is 10.6 Å². The van der Waals surface area contributed by atoms with Crippen LogP contribution in [0.25, 0.3) is 0 Å². The first kappa shape index (κ1) is 15.8. The molecule has 1 saturated carbocycles. The molecule has 6 heteroatoms. The van der Waals surface area contributed by atoms with Gasteiger partial charge in [-0.15, -0.1) is 11.3 Å². The normalized spacial score (nSPS) is 14.9. The lowest BCUT2D eigenvalue weighted by molar-refractivity contribution is 0.0529. The fourth-order valence-corrected chi connectivity index (χ4v) is 3.41. The summed E-state index contributed by atoms with van der Waals surface area (Å²) in [5, 5.41) is 3.99. The number of anilines is 2. The second kappa shape index (κ2) is 6.47. The number of Topliss-reactive ketones (excluding diaryl/α,β-unsaturated/α-hetero) is 1. The molecule has 0 atom stereocenters. The van der Waals surface area contributed by atoms with Crippen LogP contribution in [0.3, 0.4) is 0 Å². The number of carbonyl (C=O) groups excluding carboxylic acids is 2. The van der Waals surface area contributed by atoms with E-state index in [0.717, 1.165) is 12.8 Å². The molecule has 1 aliphatic rings. The number of rotatable bonds is 6. The van der Waals surface area contributed by atoms with Crippen LogP contribution in [0.5, 0.6) is 0 Å². The van der Waals surface area contributed by atoms with Gasteiger partial charge in [-0.2, -0.15) is 0 Å². The van der Waals surface area contributed by atoms with Gasteiger partial charge in [0.2, 0.25) is 0 Å². The lowest BCUT2D eigenvalue weighted by atomic mass is 9.93. The zero-order valence-electron chi connectivity index (χ0n) is 12.7. The minimum absolute atomic E-state index is 0.0373. The molecule has 0 aliphatic heterocycles. The number of ether oxygens (including phenoxy) is 1. The van der Waals surface area contributed by atoms with Crippen LogP contribution in [0.15, 0.2) is 0 Å². The van der Waals surface area contributed by atoms with Crippen LogP contribution in [-0.2, 0) is 4.74 Å². The number of carbonyl (C=O) groups is 2. The summed E-state index contributed by atoms with van der Waals surface area (Å²) in [4.78, 5) is 24.8. The fraction of sp³-hybridized carbons (Fsp3) is 0.600. The quantitative estimate of drug-likeness (QED) is 0.622. The van der Waals surface area contributed by atoms with E-state index >= 15 is 0 Å². The van der Waals surface area contributed by atoms with Crippen LogP contribution in [0.2, 0.25) is 0 Å². The summed E-state index contributed by atoms with van der Waals surface area (Å²) in [5.41, 5.74) is 6.62. The Hall–Kier alpha value is -1.56. The molecule has 0 unspecified atom stereocenters. The molecule has 0 spiro atoms. The molecular formula is C15H22N2O3S. The highest BCUT2D eigenvalue weighted by Gasteiger charge is 2.29. The van der Waals surface area contributed by atoms with Gasteiger partial charge in [0, 0.05) is 12.0 Å². The number of nitrogens with one attached hydrogen (secondary N) is 1. The largest absolute Gasteiger partial charge is 0.462 e. The van der Waals surface area contributed by atoms with Crippen molar-refractivity contribution in [2.24, 2.45) is 5.92 Å². The van der Waals surface area contributed by atoms with Gasteiger partial charge in [-0.3, -0.25) is 4.79 Å². The number of ketones is 1. The van der Waals surface area contributed by atoms with Gasteiger partial charge in [-0.1, -0.05) is 13.8 Å². The van der Waals surface area contributed by atoms with Gasteiger partial charge in [0.05, 0.1) is 17.2 Å². The van der Waals surface area contributed by atoms with Gasteiger partial charge >= 0.3 is 5.97 Å². The number of hydrogen-bond donors (Lipinski definition) is 2. The molecule has 0 saturated heterocycles. The summed E-state index contributed by atoms with van der Waals surface area (Å²) in [6, 6.07) is 0.359. The SMILES string of the molecule is CCOC(=O)c1c(NC2CCC2)sc(C(=O)C(C)C)c1N. The first-order chi connectivity index (χ1) is 9.95. The molecule has 1 heterocycles. The van der Waals surface area contributed by atoms with Crippen LogP contribution in [0.4, 0.5) is 10.7 Å². The highest BCUT2D eigenvalue weighted by molar-refractivity contribution is 7.19. The first-order valence-electron chi connectivity index (χ1n) is 7.35. The lowest BCUT2D eigenvalue weighted by Crippen LogP contribution is -2.27. The van der Waals surface area contributed by atoms with Crippen LogP contribution in [0.1, 0.15) is 60.1 Å². The maximum atomic E-state index is 12.2. The second-order valence-corrected chi connectivity index (χ2v) is 6.58. The Morgan fingerprint density at radius 2 is 2.10 bits per heavy atom. The molecule has 1 aromatic rings. The third kappa shape index (κ3) is 3.20. The average molecular weight is 310 g/mol. The molecule has 1 aromatic heterocycles. The van der Waals surface area contributed by atoms with Crippen molar-refractivity contribution in [1.82, 2.24) is 0 Å². The van der Waals surface area contributed by atoms with Gasteiger partial charge in [-0.25, -0.2) is 4.79 Å². The lowest BCUT2D eigenvalue weighted by Gasteiger charge is -2.27. The van der Waals surface area contributed by atoms with Gasteiger partial charge in [0.25, 0.3) is 0 Å². The van der Waals surface area contributed by atoms with E-state index in [-0.39, 0.29) is 24.0 Å².